The summed E-state index contributed by atoms with van der Waals surface area (Å²) in [6, 6.07) is 9.37. The van der Waals surface area contributed by atoms with Crippen LogP contribution in [0, 0.1) is 6.92 Å². The lowest BCUT2D eigenvalue weighted by molar-refractivity contribution is 0.0594. The number of piperazine rings is 1. The molecule has 36 heavy (non-hydrogen) atoms. The summed E-state index contributed by atoms with van der Waals surface area (Å²) < 4.78 is 21.9. The first-order valence-corrected chi connectivity index (χ1v) is 13.0. The summed E-state index contributed by atoms with van der Waals surface area (Å²) in [5, 5.41) is 1.97. The maximum Gasteiger partial charge on any atom is 0.255 e. The van der Waals surface area contributed by atoms with Crippen molar-refractivity contribution in [2.75, 3.05) is 46.4 Å². The maximum absolute atomic E-state index is 14.7. The van der Waals surface area contributed by atoms with Crippen LogP contribution in [0.1, 0.15) is 46.6 Å². The van der Waals surface area contributed by atoms with Crippen molar-refractivity contribution in [3.63, 3.8) is 0 Å². The van der Waals surface area contributed by atoms with Gasteiger partial charge in [-0.3, -0.25) is 9.69 Å². The monoisotopic (exact) mass is 533 g/mol. The third-order valence-corrected chi connectivity index (χ3v) is 7.99. The number of carbonyl (C=O) groups excluding carboxylic acids is 1. The predicted octanol–water partition coefficient (Wildman–Crippen LogP) is 5.99. The number of aromatic nitrogens is 1. The van der Waals surface area contributed by atoms with Gasteiger partial charge in [-0.2, -0.15) is 0 Å². The molecule has 0 spiro atoms. The molecule has 1 fully saturated rings. The van der Waals surface area contributed by atoms with Crippen LogP contribution in [0.5, 0.6) is 0 Å². The molecule has 2 heterocycles. The molecule has 0 aliphatic carbocycles. The van der Waals surface area contributed by atoms with Crippen LogP contribution in [0.15, 0.2) is 30.3 Å². The highest BCUT2D eigenvalue weighted by Crippen LogP contribution is 2.35. The average molecular weight is 535 g/mol. The van der Waals surface area contributed by atoms with E-state index in [2.05, 4.69) is 15.5 Å². The van der Waals surface area contributed by atoms with Gasteiger partial charge in [0.25, 0.3) is 5.91 Å². The third-order valence-electron chi connectivity index (χ3n) is 7.20. The zero-order chi connectivity index (χ0) is 26.2. The second kappa shape index (κ2) is 10.7. The van der Waals surface area contributed by atoms with Crippen LogP contribution in [0.3, 0.4) is 0 Å². The first-order chi connectivity index (χ1) is 17.0. The van der Waals surface area contributed by atoms with Gasteiger partial charge in [0.15, 0.2) is 0 Å². The number of alkyl halides is 1. The van der Waals surface area contributed by atoms with Crippen LogP contribution >= 0.6 is 23.2 Å². The Kier molecular flexibility index (Phi) is 8.01. The van der Waals surface area contributed by atoms with Crippen molar-refractivity contribution in [3.05, 3.63) is 68.3 Å². The second-order valence-electron chi connectivity index (χ2n) is 10.1. The average Bonchev–Trinajstić information content (AvgIpc) is 3.15. The number of carbonyl (C=O) groups is 1. The molecule has 3 aromatic rings. The molecule has 1 aromatic heterocycles. The molecule has 0 atom stereocenters. The Morgan fingerprint density at radius 3 is 2.44 bits per heavy atom. The van der Waals surface area contributed by atoms with Gasteiger partial charge in [-0.25, -0.2) is 4.39 Å². The van der Waals surface area contributed by atoms with Crippen LogP contribution in [0.4, 0.5) is 4.39 Å². The van der Waals surface area contributed by atoms with Gasteiger partial charge >= 0.3 is 0 Å². The van der Waals surface area contributed by atoms with Gasteiger partial charge in [-0.1, -0.05) is 29.3 Å². The molecular formula is C28H34Cl2FN3O2. The third kappa shape index (κ3) is 5.42. The molecule has 1 aliphatic heterocycles. The smallest absolute Gasteiger partial charge is 0.255 e. The zero-order valence-corrected chi connectivity index (χ0v) is 23.1. The maximum atomic E-state index is 14.7. The first-order valence-electron chi connectivity index (χ1n) is 12.3. The van der Waals surface area contributed by atoms with E-state index in [1.807, 2.05) is 31.0 Å². The number of aryl methyl sites for hydroxylation is 2. The molecular weight excluding hydrogens is 500 g/mol. The van der Waals surface area contributed by atoms with Crippen LogP contribution in [-0.4, -0.2) is 66.7 Å². The van der Waals surface area contributed by atoms with E-state index >= 15 is 0 Å². The number of ether oxygens (including phenoxy) is 1. The summed E-state index contributed by atoms with van der Waals surface area (Å²) in [4.78, 5) is 17.5. The number of fused-ring (bicyclic) bond motifs is 1. The Labute approximate surface area is 222 Å². The number of nitrogens with zero attached hydrogens (tertiary/aromatic N) is 3. The molecule has 0 saturated carbocycles. The van der Waals surface area contributed by atoms with Gasteiger partial charge in [-0.15, -0.1) is 0 Å². The Morgan fingerprint density at radius 1 is 1.11 bits per heavy atom. The van der Waals surface area contributed by atoms with Crippen LogP contribution < -0.4 is 0 Å². The number of hydrogen-bond acceptors (Lipinski definition) is 3. The van der Waals surface area contributed by atoms with Gasteiger partial charge < -0.3 is 14.2 Å². The fourth-order valence-electron chi connectivity index (χ4n) is 4.85. The molecule has 0 radical (unpaired) electrons. The molecule has 1 saturated heterocycles. The first kappa shape index (κ1) is 26.9. The van der Waals surface area contributed by atoms with E-state index in [-0.39, 0.29) is 5.91 Å². The number of benzene rings is 2. The van der Waals surface area contributed by atoms with Crippen molar-refractivity contribution in [1.29, 1.82) is 0 Å². The van der Waals surface area contributed by atoms with Crippen molar-refractivity contribution >= 4 is 40.0 Å². The lowest BCUT2D eigenvalue weighted by Gasteiger charge is -2.34. The minimum absolute atomic E-state index is 0.0768. The molecule has 2 aromatic carbocycles. The normalized spacial score (nSPS) is 15.2. The van der Waals surface area contributed by atoms with Gasteiger partial charge in [0.2, 0.25) is 0 Å². The van der Waals surface area contributed by atoms with E-state index in [0.717, 1.165) is 47.4 Å². The molecule has 0 unspecified atom stereocenters. The van der Waals surface area contributed by atoms with E-state index in [9.17, 15) is 9.18 Å². The molecule has 1 amide bonds. The van der Waals surface area contributed by atoms with Crippen molar-refractivity contribution in [2.45, 2.75) is 32.9 Å². The van der Waals surface area contributed by atoms with Crippen molar-refractivity contribution in [3.8, 4) is 0 Å². The summed E-state index contributed by atoms with van der Waals surface area (Å²) in [6.45, 7) is 9.58. The predicted molar refractivity (Wildman–Crippen MR) is 145 cm³/mol. The molecule has 194 valence electrons. The molecule has 8 heteroatoms. The lowest BCUT2D eigenvalue weighted by Crippen LogP contribution is -2.49. The second-order valence-corrected chi connectivity index (χ2v) is 10.9. The van der Waals surface area contributed by atoms with Gasteiger partial charge in [-0.05, 0) is 61.7 Å². The van der Waals surface area contributed by atoms with Crippen LogP contribution in [-0.2, 0) is 23.9 Å². The Morgan fingerprint density at radius 2 is 1.81 bits per heavy atom. The molecule has 5 nitrogen and oxygen atoms in total. The number of amides is 1. The number of methoxy groups -OCH3 is 1. The minimum Gasteiger partial charge on any atom is -0.383 e. The molecule has 1 aliphatic rings. The number of rotatable bonds is 7. The lowest BCUT2D eigenvalue weighted by atomic mass is 9.96. The highest BCUT2D eigenvalue weighted by Gasteiger charge is 2.26. The van der Waals surface area contributed by atoms with Crippen LogP contribution in [0.25, 0.3) is 10.9 Å². The van der Waals surface area contributed by atoms with Crippen molar-refractivity contribution in [2.24, 2.45) is 7.05 Å². The highest BCUT2D eigenvalue weighted by molar-refractivity contribution is 6.38. The van der Waals surface area contributed by atoms with E-state index in [4.69, 9.17) is 27.9 Å². The van der Waals surface area contributed by atoms with Crippen molar-refractivity contribution in [1.82, 2.24) is 14.4 Å². The molecule has 0 bridgehead atoms. The van der Waals surface area contributed by atoms with E-state index < -0.39 is 5.67 Å². The summed E-state index contributed by atoms with van der Waals surface area (Å²) in [5.41, 5.74) is 3.36. The fraction of sp³-hybridized carbons (Fsp3) is 0.464. The Bertz CT molecular complexity index is 1270. The minimum atomic E-state index is -1.43. The van der Waals surface area contributed by atoms with Gasteiger partial charge in [0, 0.05) is 74.9 Å². The van der Waals surface area contributed by atoms with E-state index in [0.29, 0.717) is 47.3 Å². The topological polar surface area (TPSA) is 37.7 Å². The number of hydrogen-bond donors (Lipinski definition) is 0. The van der Waals surface area contributed by atoms with Gasteiger partial charge in [0.1, 0.15) is 5.67 Å². The van der Waals surface area contributed by atoms with Crippen LogP contribution in [0.2, 0.25) is 10.0 Å². The van der Waals surface area contributed by atoms with Gasteiger partial charge in [0.05, 0.1) is 17.2 Å². The van der Waals surface area contributed by atoms with E-state index in [1.165, 1.54) is 0 Å². The summed E-state index contributed by atoms with van der Waals surface area (Å²) in [6.07, 6.45) is 0.461. The van der Waals surface area contributed by atoms with Crippen molar-refractivity contribution < 1.29 is 13.9 Å². The summed E-state index contributed by atoms with van der Waals surface area (Å²) in [7, 11) is 3.66. The highest BCUT2D eigenvalue weighted by atomic mass is 35.5. The Balaban J connectivity index is 1.61. The SMILES string of the molecule is COCCN1CCN(C(=O)c2ccc(Cl)c(Cc3cc4c(C)cc(C(C)(C)F)cc4n3C)c2Cl)CC1. The quantitative estimate of drug-likeness (QED) is 0.374. The fourth-order valence-corrected chi connectivity index (χ4v) is 5.43. The number of halogens is 3. The Hall–Kier alpha value is -2.12. The molecule has 4 rings (SSSR count). The standard InChI is InChI=1S/C28H34Cl2FN3O2/c1-18-14-19(28(2,3)31)15-25-22(18)16-20(32(25)4)17-23-24(29)7-6-21(26(23)30)27(35)34-10-8-33(9-11-34)12-13-36-5/h6-7,14-16H,8-13,17H2,1-5H3. The largest absolute Gasteiger partial charge is 0.383 e. The zero-order valence-electron chi connectivity index (χ0n) is 21.6. The summed E-state index contributed by atoms with van der Waals surface area (Å²) >= 11 is 13.4. The summed E-state index contributed by atoms with van der Waals surface area (Å²) in [5.74, 6) is -0.0768. The van der Waals surface area contributed by atoms with E-state index in [1.54, 1.807) is 33.1 Å². The molecule has 0 N–H and O–H groups in total.